The number of halogens is 1. The summed E-state index contributed by atoms with van der Waals surface area (Å²) in [4.78, 5) is 24.5. The maximum Gasteiger partial charge on any atom is 0.310 e. The average Bonchev–Trinajstić information content (AvgIpc) is 2.78. The Morgan fingerprint density at radius 2 is 1.53 bits per heavy atom. The van der Waals surface area contributed by atoms with Crippen molar-refractivity contribution in [1.82, 2.24) is 5.32 Å². The van der Waals surface area contributed by atoms with Crippen LogP contribution in [-0.2, 0) is 20.7 Å². The number of ether oxygens (including phenoxy) is 2. The minimum atomic E-state index is -0.558. The summed E-state index contributed by atoms with van der Waals surface area (Å²) < 4.78 is 23.2. The summed E-state index contributed by atoms with van der Waals surface area (Å²) in [6.45, 7) is -0.403. The summed E-state index contributed by atoms with van der Waals surface area (Å²) in [5.74, 6) is -0.645. The Hall–Kier alpha value is -3.67. The van der Waals surface area contributed by atoms with Crippen molar-refractivity contribution in [3.63, 3.8) is 0 Å². The van der Waals surface area contributed by atoms with Crippen LogP contribution in [0.25, 0.3) is 0 Å². The third kappa shape index (κ3) is 5.91. The molecule has 0 unspecified atom stereocenters. The quantitative estimate of drug-likeness (QED) is 0.577. The van der Waals surface area contributed by atoms with Gasteiger partial charge in [0.25, 0.3) is 5.91 Å². The lowest BCUT2D eigenvalue weighted by Gasteiger charge is -2.20. The van der Waals surface area contributed by atoms with Gasteiger partial charge < -0.3 is 14.8 Å². The molecule has 0 aliphatic heterocycles. The lowest BCUT2D eigenvalue weighted by atomic mass is 9.98. The van der Waals surface area contributed by atoms with E-state index in [1.54, 1.807) is 7.11 Å². The first-order valence-corrected chi connectivity index (χ1v) is 9.43. The fourth-order valence-corrected chi connectivity index (χ4v) is 2.97. The monoisotopic (exact) mass is 407 g/mol. The Morgan fingerprint density at radius 1 is 0.900 bits per heavy atom. The van der Waals surface area contributed by atoms with Crippen molar-refractivity contribution in [1.29, 1.82) is 0 Å². The normalized spacial score (nSPS) is 11.4. The molecule has 1 atom stereocenters. The van der Waals surface area contributed by atoms with Gasteiger partial charge in [-0.05, 0) is 41.0 Å². The Balaban J connectivity index is 1.62. The Kier molecular flexibility index (Phi) is 7.16. The van der Waals surface area contributed by atoms with Gasteiger partial charge in [-0.15, -0.1) is 0 Å². The molecule has 3 aromatic rings. The molecule has 1 N–H and O–H groups in total. The van der Waals surface area contributed by atoms with Crippen molar-refractivity contribution in [2.45, 2.75) is 12.5 Å². The van der Waals surface area contributed by atoms with E-state index >= 15 is 0 Å². The van der Waals surface area contributed by atoms with E-state index in [0.717, 1.165) is 11.1 Å². The highest BCUT2D eigenvalue weighted by atomic mass is 19.1. The second-order valence-electron chi connectivity index (χ2n) is 6.65. The van der Waals surface area contributed by atoms with Crippen LogP contribution in [0.2, 0.25) is 0 Å². The fourth-order valence-electron chi connectivity index (χ4n) is 2.97. The van der Waals surface area contributed by atoms with Gasteiger partial charge >= 0.3 is 5.97 Å². The smallest absolute Gasteiger partial charge is 0.310 e. The fraction of sp³-hybridized carbons (Fsp3) is 0.167. The number of esters is 1. The van der Waals surface area contributed by atoms with Gasteiger partial charge in [0, 0.05) is 0 Å². The number of amides is 1. The Morgan fingerprint density at radius 3 is 2.17 bits per heavy atom. The summed E-state index contributed by atoms with van der Waals surface area (Å²) >= 11 is 0. The molecule has 0 bridgehead atoms. The van der Waals surface area contributed by atoms with Gasteiger partial charge in [0.2, 0.25) is 0 Å². The second-order valence-corrected chi connectivity index (χ2v) is 6.65. The van der Waals surface area contributed by atoms with Gasteiger partial charge in [-0.1, -0.05) is 54.6 Å². The molecule has 0 aliphatic carbocycles. The van der Waals surface area contributed by atoms with Crippen LogP contribution >= 0.6 is 0 Å². The summed E-state index contributed by atoms with van der Waals surface area (Å²) in [5, 5.41) is 2.91. The first-order valence-electron chi connectivity index (χ1n) is 9.43. The van der Waals surface area contributed by atoms with E-state index in [0.29, 0.717) is 11.3 Å². The van der Waals surface area contributed by atoms with Crippen LogP contribution in [0.5, 0.6) is 5.75 Å². The second kappa shape index (κ2) is 10.2. The van der Waals surface area contributed by atoms with E-state index in [4.69, 9.17) is 9.47 Å². The third-order valence-corrected chi connectivity index (χ3v) is 4.51. The molecule has 0 heterocycles. The van der Waals surface area contributed by atoms with Crippen molar-refractivity contribution >= 4 is 11.9 Å². The largest absolute Gasteiger partial charge is 0.497 e. The van der Waals surface area contributed by atoms with Crippen molar-refractivity contribution in [3.8, 4) is 5.75 Å². The number of benzene rings is 3. The predicted octanol–water partition coefficient (Wildman–Crippen LogP) is 3.83. The first-order chi connectivity index (χ1) is 14.5. The summed E-state index contributed by atoms with van der Waals surface area (Å²) in [7, 11) is 1.59. The van der Waals surface area contributed by atoms with Crippen molar-refractivity contribution < 1.29 is 23.5 Å². The molecule has 1 amide bonds. The summed E-state index contributed by atoms with van der Waals surface area (Å²) in [5.41, 5.74) is 2.38. The number of carbonyl (C=O) groups is 2. The Bertz CT molecular complexity index is 972. The predicted molar refractivity (Wildman–Crippen MR) is 110 cm³/mol. The standard InChI is InChI=1S/C24H22FNO4/c1-29-21-13-9-19(10-14-21)24(18-5-3-2-4-6-18)26-22(27)16-30-23(28)15-17-7-11-20(25)12-8-17/h2-14,24H,15-16H2,1H3,(H,26,27)/t24-/m0/s1. The molecule has 5 nitrogen and oxygen atoms in total. The summed E-state index contributed by atoms with van der Waals surface area (Å²) in [6, 6.07) is 22.0. The lowest BCUT2D eigenvalue weighted by Crippen LogP contribution is -2.33. The van der Waals surface area contributed by atoms with Gasteiger partial charge in [0.15, 0.2) is 6.61 Å². The van der Waals surface area contributed by atoms with E-state index < -0.39 is 24.5 Å². The number of methoxy groups -OCH3 is 1. The van der Waals surface area contributed by atoms with Gasteiger partial charge in [-0.2, -0.15) is 0 Å². The molecule has 3 aromatic carbocycles. The molecule has 6 heteroatoms. The zero-order valence-corrected chi connectivity index (χ0v) is 16.5. The van der Waals surface area contributed by atoms with Crippen LogP contribution in [0.3, 0.4) is 0 Å². The lowest BCUT2D eigenvalue weighted by molar-refractivity contribution is -0.148. The average molecular weight is 407 g/mol. The topological polar surface area (TPSA) is 64.6 Å². The molecule has 154 valence electrons. The SMILES string of the molecule is COc1ccc([C@@H](NC(=O)COC(=O)Cc2ccc(F)cc2)c2ccccc2)cc1. The zero-order valence-electron chi connectivity index (χ0n) is 16.5. The van der Waals surface area contributed by atoms with E-state index in [2.05, 4.69) is 5.32 Å². The van der Waals surface area contributed by atoms with Crippen LogP contribution in [0.4, 0.5) is 4.39 Å². The minimum Gasteiger partial charge on any atom is -0.497 e. The molecular formula is C24H22FNO4. The number of hydrogen-bond donors (Lipinski definition) is 1. The molecule has 0 fully saturated rings. The van der Waals surface area contributed by atoms with Crippen LogP contribution < -0.4 is 10.1 Å². The van der Waals surface area contributed by atoms with Gasteiger partial charge in [0.1, 0.15) is 11.6 Å². The molecule has 0 aromatic heterocycles. The molecule has 3 rings (SSSR count). The summed E-state index contributed by atoms with van der Waals surface area (Å²) in [6.07, 6.45) is -0.0336. The highest BCUT2D eigenvalue weighted by molar-refractivity contribution is 5.81. The number of hydrogen-bond acceptors (Lipinski definition) is 4. The zero-order chi connectivity index (χ0) is 21.3. The molecule has 0 radical (unpaired) electrons. The molecule has 30 heavy (non-hydrogen) atoms. The van der Waals surface area contributed by atoms with Gasteiger partial charge in [-0.25, -0.2) is 4.39 Å². The van der Waals surface area contributed by atoms with E-state index in [1.807, 2.05) is 54.6 Å². The number of rotatable bonds is 8. The molecule has 0 saturated heterocycles. The van der Waals surface area contributed by atoms with Crippen LogP contribution in [-0.4, -0.2) is 25.6 Å². The molecular weight excluding hydrogens is 385 g/mol. The van der Waals surface area contributed by atoms with Crippen LogP contribution in [0, 0.1) is 5.82 Å². The number of carbonyl (C=O) groups excluding carboxylic acids is 2. The number of nitrogens with one attached hydrogen (secondary N) is 1. The van der Waals surface area contributed by atoms with E-state index in [-0.39, 0.29) is 12.2 Å². The Labute approximate surface area is 174 Å². The van der Waals surface area contributed by atoms with Gasteiger partial charge in [-0.3, -0.25) is 9.59 Å². The maximum atomic E-state index is 12.9. The molecule has 0 aliphatic rings. The highest BCUT2D eigenvalue weighted by Gasteiger charge is 2.18. The maximum absolute atomic E-state index is 12.9. The van der Waals surface area contributed by atoms with Crippen molar-refractivity contribution in [3.05, 3.63) is 101 Å². The highest BCUT2D eigenvalue weighted by Crippen LogP contribution is 2.24. The van der Waals surface area contributed by atoms with Gasteiger partial charge in [0.05, 0.1) is 19.6 Å². The van der Waals surface area contributed by atoms with E-state index in [9.17, 15) is 14.0 Å². The van der Waals surface area contributed by atoms with Crippen molar-refractivity contribution in [2.24, 2.45) is 0 Å². The molecule has 0 spiro atoms. The minimum absolute atomic E-state index is 0.0336. The van der Waals surface area contributed by atoms with Crippen LogP contribution in [0.1, 0.15) is 22.7 Å². The first kappa shape index (κ1) is 21.0. The molecule has 0 saturated carbocycles. The van der Waals surface area contributed by atoms with E-state index in [1.165, 1.54) is 24.3 Å². The third-order valence-electron chi connectivity index (χ3n) is 4.51. The van der Waals surface area contributed by atoms with Crippen LogP contribution in [0.15, 0.2) is 78.9 Å². The van der Waals surface area contributed by atoms with Crippen molar-refractivity contribution in [2.75, 3.05) is 13.7 Å².